The molecule has 0 aliphatic carbocycles. The van der Waals surface area contributed by atoms with Crippen LogP contribution in [0.4, 0.5) is 0 Å². The number of hydrogen-bond donors (Lipinski definition) is 0. The van der Waals surface area contributed by atoms with E-state index in [0.29, 0.717) is 5.91 Å². The molecule has 0 bridgehead atoms. The summed E-state index contributed by atoms with van der Waals surface area (Å²) >= 11 is 3.43. The fourth-order valence-corrected chi connectivity index (χ4v) is 2.42. The van der Waals surface area contributed by atoms with Crippen molar-refractivity contribution in [1.29, 1.82) is 0 Å². The lowest BCUT2D eigenvalue weighted by atomic mass is 10.2. The van der Waals surface area contributed by atoms with Gasteiger partial charge in [0.1, 0.15) is 0 Å². The molecule has 0 aromatic rings. The van der Waals surface area contributed by atoms with Gasteiger partial charge in [0.15, 0.2) is 0 Å². The molecule has 0 radical (unpaired) electrons. The Morgan fingerprint density at radius 3 is 2.67 bits per heavy atom. The standard InChI is InChI=1S/C12H22BrNO/c13-9-5-1-2-6-10-14-11-7-3-4-8-12(14)15/h1-11H2. The number of nitrogens with zero attached hydrogens (tertiary/aromatic N) is 1. The predicted molar refractivity (Wildman–Crippen MR) is 67.3 cm³/mol. The maximum atomic E-state index is 11.7. The molecule has 1 aliphatic heterocycles. The van der Waals surface area contributed by atoms with Crippen molar-refractivity contribution in [1.82, 2.24) is 4.90 Å². The first-order valence-electron chi connectivity index (χ1n) is 6.18. The smallest absolute Gasteiger partial charge is 0.222 e. The van der Waals surface area contributed by atoms with Crippen LogP contribution in [-0.2, 0) is 4.79 Å². The molecule has 0 aromatic heterocycles. The summed E-state index contributed by atoms with van der Waals surface area (Å²) in [5.74, 6) is 0.382. The molecule has 1 saturated heterocycles. The van der Waals surface area contributed by atoms with E-state index in [1.54, 1.807) is 0 Å². The van der Waals surface area contributed by atoms with Crippen LogP contribution in [-0.4, -0.2) is 29.2 Å². The third-order valence-corrected chi connectivity index (χ3v) is 3.54. The number of alkyl halides is 1. The molecule has 0 N–H and O–H groups in total. The van der Waals surface area contributed by atoms with Crippen molar-refractivity contribution < 1.29 is 4.79 Å². The normalized spacial score (nSPS) is 17.9. The second kappa shape index (κ2) is 8.14. The average Bonchev–Trinajstić information content (AvgIpc) is 2.44. The van der Waals surface area contributed by atoms with Crippen LogP contribution in [0.25, 0.3) is 0 Å². The first kappa shape index (κ1) is 13.0. The molecule has 15 heavy (non-hydrogen) atoms. The number of carbonyl (C=O) groups excluding carboxylic acids is 1. The summed E-state index contributed by atoms with van der Waals surface area (Å²) in [5.41, 5.74) is 0. The van der Waals surface area contributed by atoms with E-state index in [-0.39, 0.29) is 0 Å². The van der Waals surface area contributed by atoms with Gasteiger partial charge in [0.2, 0.25) is 5.91 Å². The van der Waals surface area contributed by atoms with Gasteiger partial charge in [-0.15, -0.1) is 0 Å². The number of likely N-dealkylation sites (tertiary alicyclic amines) is 1. The second-order valence-corrected chi connectivity index (χ2v) is 5.09. The highest BCUT2D eigenvalue weighted by atomic mass is 79.9. The van der Waals surface area contributed by atoms with Gasteiger partial charge in [0.05, 0.1) is 0 Å². The monoisotopic (exact) mass is 275 g/mol. The molecule has 1 amide bonds. The minimum Gasteiger partial charge on any atom is -0.343 e. The molecule has 1 heterocycles. The van der Waals surface area contributed by atoms with Gasteiger partial charge >= 0.3 is 0 Å². The molecule has 0 saturated carbocycles. The van der Waals surface area contributed by atoms with E-state index in [2.05, 4.69) is 20.8 Å². The van der Waals surface area contributed by atoms with Gasteiger partial charge in [-0.3, -0.25) is 4.79 Å². The molecule has 0 spiro atoms. The van der Waals surface area contributed by atoms with Crippen molar-refractivity contribution in [3.05, 3.63) is 0 Å². The lowest BCUT2D eigenvalue weighted by Gasteiger charge is -2.20. The van der Waals surface area contributed by atoms with Crippen LogP contribution < -0.4 is 0 Å². The Balaban J connectivity index is 2.10. The number of amides is 1. The van der Waals surface area contributed by atoms with Crippen LogP contribution in [0.3, 0.4) is 0 Å². The molecule has 3 heteroatoms. The van der Waals surface area contributed by atoms with Gasteiger partial charge in [0, 0.05) is 24.8 Å². The Kier molecular flexibility index (Phi) is 7.07. The first-order valence-corrected chi connectivity index (χ1v) is 7.30. The van der Waals surface area contributed by atoms with E-state index in [1.807, 2.05) is 0 Å². The maximum absolute atomic E-state index is 11.7. The SMILES string of the molecule is O=C1CCCCCN1CCCCCCBr. The van der Waals surface area contributed by atoms with Crippen LogP contribution >= 0.6 is 15.9 Å². The third-order valence-electron chi connectivity index (χ3n) is 2.98. The zero-order valence-electron chi connectivity index (χ0n) is 9.51. The van der Waals surface area contributed by atoms with Crippen molar-refractivity contribution in [2.24, 2.45) is 0 Å². The summed E-state index contributed by atoms with van der Waals surface area (Å²) in [7, 11) is 0. The third kappa shape index (κ3) is 5.55. The molecule has 1 fully saturated rings. The molecule has 0 unspecified atom stereocenters. The van der Waals surface area contributed by atoms with Crippen LogP contribution in [0.5, 0.6) is 0 Å². The molecule has 0 aromatic carbocycles. The number of unbranched alkanes of at least 4 members (excludes halogenated alkanes) is 3. The maximum Gasteiger partial charge on any atom is 0.222 e. The summed E-state index contributed by atoms with van der Waals surface area (Å²) < 4.78 is 0. The highest BCUT2D eigenvalue weighted by molar-refractivity contribution is 9.09. The summed E-state index contributed by atoms with van der Waals surface area (Å²) in [6.07, 6.45) is 9.29. The van der Waals surface area contributed by atoms with Crippen molar-refractivity contribution in [3.63, 3.8) is 0 Å². The van der Waals surface area contributed by atoms with Gasteiger partial charge < -0.3 is 4.90 Å². The van der Waals surface area contributed by atoms with E-state index in [1.165, 1.54) is 38.5 Å². The summed E-state index contributed by atoms with van der Waals surface area (Å²) in [4.78, 5) is 13.7. The molecular formula is C12H22BrNO. The number of rotatable bonds is 6. The largest absolute Gasteiger partial charge is 0.343 e. The number of carbonyl (C=O) groups is 1. The van der Waals surface area contributed by atoms with Gasteiger partial charge in [-0.25, -0.2) is 0 Å². The quantitative estimate of drug-likeness (QED) is 0.538. The summed E-state index contributed by atoms with van der Waals surface area (Å²) in [5, 5.41) is 1.11. The molecule has 88 valence electrons. The van der Waals surface area contributed by atoms with Crippen molar-refractivity contribution >= 4 is 21.8 Å². The van der Waals surface area contributed by atoms with Gasteiger partial charge in [-0.05, 0) is 25.7 Å². The average molecular weight is 276 g/mol. The van der Waals surface area contributed by atoms with Crippen LogP contribution in [0.2, 0.25) is 0 Å². The summed E-state index contributed by atoms with van der Waals surface area (Å²) in [6, 6.07) is 0. The highest BCUT2D eigenvalue weighted by Gasteiger charge is 2.15. The highest BCUT2D eigenvalue weighted by Crippen LogP contribution is 2.12. The van der Waals surface area contributed by atoms with E-state index >= 15 is 0 Å². The number of halogens is 1. The van der Waals surface area contributed by atoms with Gasteiger partial charge in [0.25, 0.3) is 0 Å². The lowest BCUT2D eigenvalue weighted by molar-refractivity contribution is -0.130. The Bertz CT molecular complexity index is 184. The Morgan fingerprint density at radius 2 is 1.87 bits per heavy atom. The van der Waals surface area contributed by atoms with E-state index < -0.39 is 0 Å². The Morgan fingerprint density at radius 1 is 1.07 bits per heavy atom. The second-order valence-electron chi connectivity index (χ2n) is 4.29. The summed E-state index contributed by atoms with van der Waals surface area (Å²) in [6.45, 7) is 1.98. The van der Waals surface area contributed by atoms with Crippen molar-refractivity contribution in [2.45, 2.75) is 51.4 Å². The topological polar surface area (TPSA) is 20.3 Å². The zero-order valence-corrected chi connectivity index (χ0v) is 11.1. The number of hydrogen-bond acceptors (Lipinski definition) is 1. The molecule has 1 rings (SSSR count). The minimum atomic E-state index is 0.382. The van der Waals surface area contributed by atoms with E-state index in [4.69, 9.17) is 0 Å². The fraction of sp³-hybridized carbons (Fsp3) is 0.917. The van der Waals surface area contributed by atoms with Crippen LogP contribution in [0.15, 0.2) is 0 Å². The first-order chi connectivity index (χ1) is 7.34. The minimum absolute atomic E-state index is 0.382. The van der Waals surface area contributed by atoms with Crippen LogP contribution in [0.1, 0.15) is 51.4 Å². The van der Waals surface area contributed by atoms with Crippen molar-refractivity contribution in [3.8, 4) is 0 Å². The fourth-order valence-electron chi connectivity index (χ4n) is 2.03. The van der Waals surface area contributed by atoms with Crippen molar-refractivity contribution in [2.75, 3.05) is 18.4 Å². The van der Waals surface area contributed by atoms with Crippen LogP contribution in [0, 0.1) is 0 Å². The Labute approximate surface area is 102 Å². The molecule has 1 aliphatic rings. The lowest BCUT2D eigenvalue weighted by Crippen LogP contribution is -2.31. The Hall–Kier alpha value is -0.0500. The molecule has 0 atom stereocenters. The molecular weight excluding hydrogens is 254 g/mol. The van der Waals surface area contributed by atoms with Gasteiger partial charge in [-0.1, -0.05) is 35.2 Å². The zero-order chi connectivity index (χ0) is 10.9. The van der Waals surface area contributed by atoms with E-state index in [9.17, 15) is 4.79 Å². The molecule has 2 nitrogen and oxygen atoms in total. The van der Waals surface area contributed by atoms with Gasteiger partial charge in [-0.2, -0.15) is 0 Å². The predicted octanol–water partition coefficient (Wildman–Crippen LogP) is 3.34. The van der Waals surface area contributed by atoms with E-state index in [0.717, 1.165) is 31.3 Å².